The molecule has 0 aromatic heterocycles. The molecule has 0 rings (SSSR count). The summed E-state index contributed by atoms with van der Waals surface area (Å²) in [6.07, 6.45) is 0.450. The molecule has 14 heavy (non-hydrogen) atoms. The number of halogens is 1. The first-order chi connectivity index (χ1) is 6.56. The van der Waals surface area contributed by atoms with Gasteiger partial charge in [0.25, 0.3) is 0 Å². The molecule has 0 radical (unpaired) electrons. The van der Waals surface area contributed by atoms with E-state index in [1.54, 1.807) is 0 Å². The Labute approximate surface area is 97.9 Å². The van der Waals surface area contributed by atoms with E-state index in [0.29, 0.717) is 19.6 Å². The lowest BCUT2D eigenvalue weighted by Crippen LogP contribution is -2.21. The normalized spacial score (nSPS) is 11.9. The van der Waals surface area contributed by atoms with Crippen molar-refractivity contribution >= 4 is 30.2 Å². The van der Waals surface area contributed by atoms with Gasteiger partial charge in [-0.15, -0.1) is 0 Å². The smallest absolute Gasteiger partial charge is 0.325 e. The van der Waals surface area contributed by atoms with E-state index >= 15 is 0 Å². The van der Waals surface area contributed by atoms with E-state index in [1.807, 2.05) is 0 Å². The third-order valence-electron chi connectivity index (χ3n) is 1.45. The molecule has 0 aliphatic heterocycles. The van der Waals surface area contributed by atoms with Crippen molar-refractivity contribution in [2.24, 2.45) is 0 Å². The second kappa shape index (κ2) is 9.06. The van der Waals surface area contributed by atoms with Gasteiger partial charge in [0.15, 0.2) is 0 Å². The fraction of sp³-hybridized carbons (Fsp3) is 1.00. The van der Waals surface area contributed by atoms with Gasteiger partial charge in [-0.25, -0.2) is 0 Å². The number of hydrogen-bond acceptors (Lipinski definition) is 3. The number of hydrogen-bond donors (Lipinski definition) is 3. The van der Waals surface area contributed by atoms with E-state index in [9.17, 15) is 4.57 Å². The second-order valence-corrected chi connectivity index (χ2v) is 5.65. The van der Waals surface area contributed by atoms with E-state index in [1.165, 1.54) is 0 Å². The van der Waals surface area contributed by atoms with Gasteiger partial charge in [-0.3, -0.25) is 4.57 Å². The molecule has 0 aromatic carbocycles. The zero-order valence-corrected chi connectivity index (χ0v) is 11.0. The van der Waals surface area contributed by atoms with Gasteiger partial charge in [0.1, 0.15) is 0 Å². The Morgan fingerprint density at radius 1 is 1.29 bits per heavy atom. The lowest BCUT2D eigenvalue weighted by molar-refractivity contribution is 0.153. The summed E-state index contributed by atoms with van der Waals surface area (Å²) in [5.74, 6) is 0. The number of alkyl halides is 1. The van der Waals surface area contributed by atoms with Crippen LogP contribution in [0.15, 0.2) is 0 Å². The molecule has 0 fully saturated rings. The standard InChI is InChI=1S/C7H17INO4P/c8-2-5-13-6-4-9-3-1-7-14(10,11)12/h9H,1-7H2,(H2,10,11,12). The highest BCUT2D eigenvalue weighted by Crippen LogP contribution is 2.34. The van der Waals surface area contributed by atoms with E-state index in [-0.39, 0.29) is 6.16 Å². The van der Waals surface area contributed by atoms with Crippen LogP contribution in [0.2, 0.25) is 0 Å². The molecule has 0 amide bonds. The van der Waals surface area contributed by atoms with Crippen LogP contribution < -0.4 is 5.32 Å². The Kier molecular flexibility index (Phi) is 9.57. The first-order valence-electron chi connectivity index (χ1n) is 4.45. The largest absolute Gasteiger partial charge is 0.379 e. The summed E-state index contributed by atoms with van der Waals surface area (Å²) < 4.78 is 16.6. The van der Waals surface area contributed by atoms with Crippen LogP contribution in [-0.4, -0.2) is 46.7 Å². The van der Waals surface area contributed by atoms with Gasteiger partial charge in [-0.2, -0.15) is 0 Å². The lowest BCUT2D eigenvalue weighted by Gasteiger charge is -2.05. The molecule has 0 heterocycles. The molecule has 0 saturated heterocycles. The Morgan fingerprint density at radius 2 is 2.00 bits per heavy atom. The first-order valence-corrected chi connectivity index (χ1v) is 7.77. The van der Waals surface area contributed by atoms with E-state index in [2.05, 4.69) is 27.9 Å². The molecule has 0 aliphatic carbocycles. The average Bonchev–Trinajstić information content (AvgIpc) is 2.08. The van der Waals surface area contributed by atoms with Gasteiger partial charge in [0, 0.05) is 11.0 Å². The van der Waals surface area contributed by atoms with Gasteiger partial charge >= 0.3 is 7.60 Å². The number of nitrogens with one attached hydrogen (secondary N) is 1. The topological polar surface area (TPSA) is 78.8 Å². The van der Waals surface area contributed by atoms with Crippen LogP contribution in [0.1, 0.15) is 6.42 Å². The summed E-state index contributed by atoms with van der Waals surface area (Å²) in [4.78, 5) is 17.1. The SMILES string of the molecule is O=P(O)(O)CCCNCCOCCI. The van der Waals surface area contributed by atoms with Crippen molar-refractivity contribution < 1.29 is 19.1 Å². The molecular formula is C7H17INO4P. The van der Waals surface area contributed by atoms with E-state index in [0.717, 1.165) is 17.6 Å². The maximum Gasteiger partial charge on any atom is 0.325 e. The minimum atomic E-state index is -3.80. The highest BCUT2D eigenvalue weighted by molar-refractivity contribution is 14.1. The minimum absolute atomic E-state index is 0.0470. The fourth-order valence-corrected chi connectivity index (χ4v) is 1.72. The molecule has 0 aromatic rings. The fourth-order valence-electron chi connectivity index (χ4n) is 0.836. The van der Waals surface area contributed by atoms with Crippen molar-refractivity contribution in [3.05, 3.63) is 0 Å². The van der Waals surface area contributed by atoms with Crippen molar-refractivity contribution in [1.29, 1.82) is 0 Å². The zero-order valence-electron chi connectivity index (χ0n) is 7.99. The minimum Gasteiger partial charge on any atom is -0.379 e. The van der Waals surface area contributed by atoms with Gasteiger partial charge in [0.2, 0.25) is 0 Å². The molecule has 0 bridgehead atoms. The molecule has 0 unspecified atom stereocenters. The summed E-state index contributed by atoms with van der Waals surface area (Å²) in [7, 11) is -3.80. The quantitative estimate of drug-likeness (QED) is 0.249. The molecule has 7 heteroatoms. The maximum atomic E-state index is 10.4. The predicted molar refractivity (Wildman–Crippen MR) is 64.1 cm³/mol. The molecule has 86 valence electrons. The molecule has 3 N–H and O–H groups in total. The van der Waals surface area contributed by atoms with Crippen LogP contribution in [-0.2, 0) is 9.30 Å². The summed E-state index contributed by atoms with van der Waals surface area (Å²) in [5, 5.41) is 3.05. The zero-order chi connectivity index (χ0) is 10.9. The highest BCUT2D eigenvalue weighted by atomic mass is 127. The Hall–Kier alpha value is 0.800. The lowest BCUT2D eigenvalue weighted by atomic mass is 10.5. The monoisotopic (exact) mass is 337 g/mol. The average molecular weight is 337 g/mol. The highest BCUT2D eigenvalue weighted by Gasteiger charge is 2.10. The Bertz CT molecular complexity index is 175. The van der Waals surface area contributed by atoms with Crippen molar-refractivity contribution in [2.75, 3.05) is 36.9 Å². The van der Waals surface area contributed by atoms with Gasteiger partial charge in [0.05, 0.1) is 19.4 Å². The summed E-state index contributed by atoms with van der Waals surface area (Å²) in [5.41, 5.74) is 0. The summed E-state index contributed by atoms with van der Waals surface area (Å²) >= 11 is 2.24. The second-order valence-electron chi connectivity index (χ2n) is 2.79. The first kappa shape index (κ1) is 14.8. The van der Waals surface area contributed by atoms with Crippen LogP contribution in [0.25, 0.3) is 0 Å². The molecule has 0 saturated carbocycles. The van der Waals surface area contributed by atoms with Crippen LogP contribution in [0, 0.1) is 0 Å². The van der Waals surface area contributed by atoms with Crippen LogP contribution >= 0.6 is 30.2 Å². The van der Waals surface area contributed by atoms with Gasteiger partial charge in [-0.05, 0) is 13.0 Å². The summed E-state index contributed by atoms with van der Waals surface area (Å²) in [6, 6.07) is 0. The van der Waals surface area contributed by atoms with E-state index in [4.69, 9.17) is 14.5 Å². The van der Waals surface area contributed by atoms with Crippen molar-refractivity contribution in [1.82, 2.24) is 5.32 Å². The number of rotatable bonds is 9. The molecule has 0 aliphatic rings. The predicted octanol–water partition coefficient (Wildman–Crippen LogP) is 0.595. The van der Waals surface area contributed by atoms with Crippen LogP contribution in [0.5, 0.6) is 0 Å². The van der Waals surface area contributed by atoms with Crippen molar-refractivity contribution in [2.45, 2.75) is 6.42 Å². The molecule has 0 atom stereocenters. The molecule has 0 spiro atoms. The molecule has 5 nitrogen and oxygen atoms in total. The maximum absolute atomic E-state index is 10.4. The third-order valence-corrected chi connectivity index (χ3v) is 2.79. The van der Waals surface area contributed by atoms with Gasteiger partial charge < -0.3 is 19.8 Å². The Balaban J connectivity index is 3.03. The van der Waals surface area contributed by atoms with Crippen molar-refractivity contribution in [3.8, 4) is 0 Å². The van der Waals surface area contributed by atoms with Crippen LogP contribution in [0.3, 0.4) is 0 Å². The molecular weight excluding hydrogens is 320 g/mol. The van der Waals surface area contributed by atoms with Crippen molar-refractivity contribution in [3.63, 3.8) is 0 Å². The van der Waals surface area contributed by atoms with Crippen LogP contribution in [0.4, 0.5) is 0 Å². The summed E-state index contributed by atoms with van der Waals surface area (Å²) in [6.45, 7) is 2.76. The van der Waals surface area contributed by atoms with Gasteiger partial charge in [-0.1, -0.05) is 22.6 Å². The third kappa shape index (κ3) is 12.8. The van der Waals surface area contributed by atoms with E-state index < -0.39 is 7.60 Å². The number of ether oxygens (including phenoxy) is 1. The Morgan fingerprint density at radius 3 is 2.57 bits per heavy atom.